The molecule has 0 saturated carbocycles. The van der Waals surface area contributed by atoms with Gasteiger partial charge in [-0.3, -0.25) is 0 Å². The third-order valence-corrected chi connectivity index (χ3v) is 0.737. The second-order valence-electron chi connectivity index (χ2n) is 1.31. The van der Waals surface area contributed by atoms with Gasteiger partial charge in [0.25, 0.3) is 0 Å². The quantitative estimate of drug-likeness (QED) is 0.524. The number of hydrogen-bond acceptors (Lipinski definition) is 3. The molecule has 0 atom stereocenters. The normalized spacial score (nSPS) is 8.11. The lowest BCUT2D eigenvalue weighted by Crippen LogP contribution is -2.31. The van der Waals surface area contributed by atoms with Gasteiger partial charge in [0.2, 0.25) is 0 Å². The molecule has 0 aliphatic carbocycles. The fourth-order valence-corrected chi connectivity index (χ4v) is 0.304. The number of amides is 1. The van der Waals surface area contributed by atoms with Crippen molar-refractivity contribution in [3.8, 4) is 0 Å². The van der Waals surface area contributed by atoms with Crippen LogP contribution >= 0.6 is 12.2 Å². The monoisotopic (exact) mass is 148 g/mol. The summed E-state index contributed by atoms with van der Waals surface area (Å²) < 4.78 is 4.24. The molecule has 9 heavy (non-hydrogen) atoms. The summed E-state index contributed by atoms with van der Waals surface area (Å²) >= 11 is 4.47. The Bertz CT molecular complexity index is 126. The van der Waals surface area contributed by atoms with Gasteiger partial charge in [-0.05, 0) is 0 Å². The first kappa shape index (κ1) is 8.16. The summed E-state index contributed by atoms with van der Waals surface area (Å²) in [6.07, 6.45) is -0.525. The van der Waals surface area contributed by atoms with E-state index in [-0.39, 0.29) is 11.5 Å². The molecule has 5 heteroatoms. The van der Waals surface area contributed by atoms with E-state index in [1.54, 1.807) is 0 Å². The summed E-state index contributed by atoms with van der Waals surface area (Å²) in [5, 5.41) is 2.30. The van der Waals surface area contributed by atoms with Crippen LogP contribution in [0.25, 0.3) is 0 Å². The van der Waals surface area contributed by atoms with E-state index in [2.05, 4.69) is 22.3 Å². The lowest BCUT2D eigenvalue weighted by atomic mass is 10.6. The van der Waals surface area contributed by atoms with Crippen LogP contribution in [0.15, 0.2) is 0 Å². The zero-order valence-corrected chi connectivity index (χ0v) is 5.83. The highest BCUT2D eigenvalue weighted by atomic mass is 32.1. The zero-order chi connectivity index (χ0) is 7.28. The lowest BCUT2D eigenvalue weighted by Gasteiger charge is -1.99. The predicted molar refractivity (Wildman–Crippen MR) is 37.2 cm³/mol. The summed E-state index contributed by atoms with van der Waals surface area (Å²) in [5.74, 6) is 0. The van der Waals surface area contributed by atoms with Crippen molar-refractivity contribution in [2.75, 3.05) is 13.7 Å². The molecule has 0 spiro atoms. The molecule has 0 fully saturated rings. The van der Waals surface area contributed by atoms with E-state index >= 15 is 0 Å². The minimum absolute atomic E-state index is 0.183. The standard InChI is InChI=1S/C4H8N2O2S/c1-8-4(7)6-2-3(5)9/h2H2,1H3,(H2,5,9)(H,6,7). The van der Waals surface area contributed by atoms with Crippen LogP contribution in [0.1, 0.15) is 0 Å². The maximum Gasteiger partial charge on any atom is 0.407 e. The van der Waals surface area contributed by atoms with Gasteiger partial charge in [0.1, 0.15) is 0 Å². The molecule has 3 N–H and O–H groups in total. The summed E-state index contributed by atoms with van der Waals surface area (Å²) in [5.41, 5.74) is 5.06. The van der Waals surface area contributed by atoms with Gasteiger partial charge in [0.15, 0.2) is 0 Å². The number of thiocarbonyl (C=S) groups is 1. The third-order valence-electron chi connectivity index (χ3n) is 0.592. The number of carbonyl (C=O) groups is 1. The maximum atomic E-state index is 10.3. The highest BCUT2D eigenvalue weighted by Gasteiger charge is 1.95. The number of nitrogens with two attached hydrogens (primary N) is 1. The zero-order valence-electron chi connectivity index (χ0n) is 5.01. The molecule has 4 nitrogen and oxygen atoms in total. The first-order valence-electron chi connectivity index (χ1n) is 2.27. The van der Waals surface area contributed by atoms with E-state index in [9.17, 15) is 4.79 Å². The Hall–Kier alpha value is -0.840. The van der Waals surface area contributed by atoms with Gasteiger partial charge in [-0.1, -0.05) is 12.2 Å². The van der Waals surface area contributed by atoms with Crippen LogP contribution in [0.5, 0.6) is 0 Å². The SMILES string of the molecule is COC(=O)NCC(N)=S. The first-order valence-corrected chi connectivity index (χ1v) is 2.67. The topological polar surface area (TPSA) is 64.3 Å². The van der Waals surface area contributed by atoms with E-state index in [1.165, 1.54) is 7.11 Å². The average Bonchev–Trinajstić information content (AvgIpc) is 1.83. The van der Waals surface area contributed by atoms with Gasteiger partial charge in [-0.2, -0.15) is 0 Å². The number of rotatable bonds is 2. The maximum absolute atomic E-state index is 10.3. The van der Waals surface area contributed by atoms with Gasteiger partial charge in [0.05, 0.1) is 18.6 Å². The second-order valence-corrected chi connectivity index (χ2v) is 1.84. The van der Waals surface area contributed by atoms with Crippen LogP contribution in [0.4, 0.5) is 4.79 Å². The Morgan fingerprint density at radius 1 is 1.89 bits per heavy atom. The van der Waals surface area contributed by atoms with Crippen molar-refractivity contribution in [1.82, 2.24) is 5.32 Å². The van der Waals surface area contributed by atoms with Gasteiger partial charge in [-0.25, -0.2) is 4.79 Å². The molecular formula is C4H8N2O2S. The Morgan fingerprint density at radius 3 is 2.78 bits per heavy atom. The van der Waals surface area contributed by atoms with E-state index in [4.69, 9.17) is 5.73 Å². The number of methoxy groups -OCH3 is 1. The van der Waals surface area contributed by atoms with Gasteiger partial charge in [0, 0.05) is 0 Å². The van der Waals surface area contributed by atoms with Crippen LogP contribution in [0.2, 0.25) is 0 Å². The minimum Gasteiger partial charge on any atom is -0.453 e. The fraction of sp³-hybridized carbons (Fsp3) is 0.500. The van der Waals surface area contributed by atoms with Crippen molar-refractivity contribution >= 4 is 23.3 Å². The van der Waals surface area contributed by atoms with Gasteiger partial charge < -0.3 is 15.8 Å². The van der Waals surface area contributed by atoms with Crippen molar-refractivity contribution in [2.45, 2.75) is 0 Å². The third kappa shape index (κ3) is 5.02. The van der Waals surface area contributed by atoms with E-state index in [1.807, 2.05) is 0 Å². The molecule has 0 unspecified atom stereocenters. The molecule has 0 radical (unpaired) electrons. The number of ether oxygens (including phenoxy) is 1. The molecule has 0 aliphatic heterocycles. The largest absolute Gasteiger partial charge is 0.453 e. The molecule has 1 amide bonds. The van der Waals surface area contributed by atoms with E-state index in [0.29, 0.717) is 0 Å². The van der Waals surface area contributed by atoms with Crippen LogP contribution in [-0.4, -0.2) is 24.7 Å². The average molecular weight is 148 g/mol. The van der Waals surface area contributed by atoms with Crippen molar-refractivity contribution in [2.24, 2.45) is 5.73 Å². The molecule has 0 saturated heterocycles. The van der Waals surface area contributed by atoms with Crippen LogP contribution in [-0.2, 0) is 4.74 Å². The van der Waals surface area contributed by atoms with Crippen molar-refractivity contribution in [3.05, 3.63) is 0 Å². The Labute approximate surface area is 58.4 Å². The van der Waals surface area contributed by atoms with Crippen molar-refractivity contribution in [1.29, 1.82) is 0 Å². The van der Waals surface area contributed by atoms with Crippen molar-refractivity contribution in [3.63, 3.8) is 0 Å². The lowest BCUT2D eigenvalue weighted by molar-refractivity contribution is 0.172. The van der Waals surface area contributed by atoms with Gasteiger partial charge in [-0.15, -0.1) is 0 Å². The fourth-order valence-electron chi connectivity index (χ4n) is 0.231. The highest BCUT2D eigenvalue weighted by Crippen LogP contribution is 1.69. The number of alkyl carbamates (subject to hydrolysis) is 1. The number of carbonyl (C=O) groups excluding carboxylic acids is 1. The molecule has 0 bridgehead atoms. The Kier molecular flexibility index (Phi) is 3.70. The minimum atomic E-state index is -0.525. The molecular weight excluding hydrogens is 140 g/mol. The summed E-state index contributed by atoms with van der Waals surface area (Å²) in [7, 11) is 1.27. The van der Waals surface area contributed by atoms with Crippen molar-refractivity contribution < 1.29 is 9.53 Å². The molecule has 0 aromatic rings. The molecule has 0 rings (SSSR count). The van der Waals surface area contributed by atoms with E-state index in [0.717, 1.165) is 0 Å². The van der Waals surface area contributed by atoms with E-state index < -0.39 is 6.09 Å². The second kappa shape index (κ2) is 4.08. The van der Waals surface area contributed by atoms with Crippen LogP contribution < -0.4 is 11.1 Å². The Balaban J connectivity index is 3.28. The van der Waals surface area contributed by atoms with Crippen LogP contribution in [0.3, 0.4) is 0 Å². The molecule has 0 aromatic heterocycles. The van der Waals surface area contributed by atoms with Gasteiger partial charge >= 0.3 is 6.09 Å². The summed E-state index contributed by atoms with van der Waals surface area (Å²) in [6, 6.07) is 0. The summed E-state index contributed by atoms with van der Waals surface area (Å²) in [4.78, 5) is 10.5. The molecule has 0 aromatic carbocycles. The smallest absolute Gasteiger partial charge is 0.407 e. The molecule has 0 heterocycles. The highest BCUT2D eigenvalue weighted by molar-refractivity contribution is 7.80. The number of nitrogens with one attached hydrogen (secondary N) is 1. The summed E-state index contributed by atoms with van der Waals surface area (Å²) in [6.45, 7) is 0.183. The number of hydrogen-bond donors (Lipinski definition) is 2. The Morgan fingerprint density at radius 2 is 2.44 bits per heavy atom. The first-order chi connectivity index (χ1) is 4.16. The molecule has 0 aliphatic rings. The van der Waals surface area contributed by atoms with Crippen LogP contribution in [0, 0.1) is 0 Å². The predicted octanol–water partition coefficient (Wildman–Crippen LogP) is -0.371. The molecule has 52 valence electrons.